The van der Waals surface area contributed by atoms with Crippen LogP contribution in [0.3, 0.4) is 0 Å². The van der Waals surface area contributed by atoms with Crippen molar-refractivity contribution < 1.29 is 27.5 Å². The number of benzene rings is 2. The van der Waals surface area contributed by atoms with Gasteiger partial charge in [0, 0.05) is 5.56 Å². The van der Waals surface area contributed by atoms with Crippen molar-refractivity contribution in [3.05, 3.63) is 48.0 Å². The topological polar surface area (TPSA) is 78.3 Å². The maximum absolute atomic E-state index is 12.7. The smallest absolute Gasteiger partial charge is 0.240 e. The van der Waals surface area contributed by atoms with Crippen molar-refractivity contribution in [2.24, 2.45) is 0 Å². The standard InChI is InChI=1S/C20H28N2O5S/c1-6-27-16-8-10-17(11-9-16)28(23,24)21-14-18(22(2)3)15-7-12-19(25-4)20(13-15)26-5/h7-13,18,21H,6,14H2,1-5H3/p+1/t18-/m1/s1. The number of sulfonamides is 1. The molecular weight excluding hydrogens is 380 g/mol. The number of methoxy groups -OCH3 is 2. The van der Waals surface area contributed by atoms with Crippen LogP contribution in [0.1, 0.15) is 18.5 Å². The quantitative estimate of drug-likeness (QED) is 0.618. The second-order valence-corrected chi connectivity index (χ2v) is 8.27. The maximum Gasteiger partial charge on any atom is 0.240 e. The molecule has 0 saturated heterocycles. The molecule has 28 heavy (non-hydrogen) atoms. The Morgan fingerprint density at radius 3 is 2.18 bits per heavy atom. The predicted octanol–water partition coefficient (Wildman–Crippen LogP) is 1.27. The molecule has 2 aromatic carbocycles. The van der Waals surface area contributed by atoms with E-state index in [9.17, 15) is 8.42 Å². The third-order valence-corrected chi connectivity index (χ3v) is 5.87. The van der Waals surface area contributed by atoms with Crippen LogP contribution in [-0.4, -0.2) is 49.9 Å². The van der Waals surface area contributed by atoms with Crippen molar-refractivity contribution in [3.63, 3.8) is 0 Å². The van der Waals surface area contributed by atoms with Gasteiger partial charge in [0.1, 0.15) is 11.8 Å². The van der Waals surface area contributed by atoms with Gasteiger partial charge >= 0.3 is 0 Å². The molecular formula is C20H29N2O5S+. The first-order chi connectivity index (χ1) is 13.3. The third-order valence-electron chi connectivity index (χ3n) is 4.43. The van der Waals surface area contributed by atoms with E-state index in [1.807, 2.05) is 39.2 Å². The summed E-state index contributed by atoms with van der Waals surface area (Å²) < 4.78 is 44.1. The Morgan fingerprint density at radius 1 is 1.00 bits per heavy atom. The van der Waals surface area contributed by atoms with Crippen LogP contribution in [0.5, 0.6) is 17.2 Å². The van der Waals surface area contributed by atoms with Crippen LogP contribution in [-0.2, 0) is 10.0 Å². The second-order valence-electron chi connectivity index (χ2n) is 6.50. The maximum atomic E-state index is 12.7. The molecule has 8 heteroatoms. The molecule has 0 aromatic heterocycles. The van der Waals surface area contributed by atoms with Crippen LogP contribution in [0, 0.1) is 0 Å². The minimum Gasteiger partial charge on any atom is -0.494 e. The van der Waals surface area contributed by atoms with Crippen LogP contribution in [0.25, 0.3) is 0 Å². The Labute approximate surface area is 167 Å². The van der Waals surface area contributed by atoms with E-state index in [2.05, 4.69) is 4.72 Å². The van der Waals surface area contributed by atoms with Crippen LogP contribution in [0.2, 0.25) is 0 Å². The Hall–Kier alpha value is -2.29. The van der Waals surface area contributed by atoms with Gasteiger partial charge in [-0.15, -0.1) is 0 Å². The molecule has 1 atom stereocenters. The predicted molar refractivity (Wildman–Crippen MR) is 108 cm³/mol. The summed E-state index contributed by atoms with van der Waals surface area (Å²) in [6, 6.07) is 11.9. The van der Waals surface area contributed by atoms with Gasteiger partial charge in [-0.1, -0.05) is 0 Å². The first kappa shape index (κ1) is 22.0. The number of likely N-dealkylation sites (N-methyl/N-ethyl adjacent to an activating group) is 1. The highest BCUT2D eigenvalue weighted by atomic mass is 32.2. The summed E-state index contributed by atoms with van der Waals surface area (Å²) >= 11 is 0. The van der Waals surface area contributed by atoms with E-state index >= 15 is 0 Å². The molecule has 0 fully saturated rings. The van der Waals surface area contributed by atoms with Crippen LogP contribution in [0.15, 0.2) is 47.4 Å². The zero-order chi connectivity index (χ0) is 20.7. The highest BCUT2D eigenvalue weighted by Gasteiger charge is 2.23. The Morgan fingerprint density at radius 2 is 1.64 bits per heavy atom. The molecule has 2 N–H and O–H groups in total. The van der Waals surface area contributed by atoms with Crippen molar-refractivity contribution in [2.45, 2.75) is 17.9 Å². The molecule has 0 amide bonds. The van der Waals surface area contributed by atoms with Crippen LogP contribution < -0.4 is 23.8 Å². The number of rotatable bonds is 10. The minimum absolute atomic E-state index is 0.0997. The average molecular weight is 410 g/mol. The van der Waals surface area contributed by atoms with Gasteiger partial charge in [0.05, 0.1) is 46.4 Å². The lowest BCUT2D eigenvalue weighted by molar-refractivity contribution is -0.890. The summed E-state index contributed by atoms with van der Waals surface area (Å²) in [5, 5.41) is 0. The van der Waals surface area contributed by atoms with Crippen molar-refractivity contribution in [2.75, 3.05) is 41.5 Å². The molecule has 2 rings (SSSR count). The van der Waals surface area contributed by atoms with Crippen LogP contribution in [0.4, 0.5) is 0 Å². The van der Waals surface area contributed by atoms with Gasteiger partial charge in [0.15, 0.2) is 11.5 Å². The zero-order valence-corrected chi connectivity index (χ0v) is 17.8. The van der Waals surface area contributed by atoms with Gasteiger partial charge in [0.25, 0.3) is 0 Å². The van der Waals surface area contributed by atoms with Gasteiger partial charge in [-0.05, 0) is 49.4 Å². The molecule has 0 aliphatic rings. The normalized spacial score (nSPS) is 12.6. The fourth-order valence-corrected chi connectivity index (χ4v) is 3.93. The van der Waals surface area contributed by atoms with Gasteiger partial charge in [-0.3, -0.25) is 0 Å². The first-order valence-electron chi connectivity index (χ1n) is 9.06. The summed E-state index contributed by atoms with van der Waals surface area (Å²) in [6.45, 7) is 2.65. The largest absolute Gasteiger partial charge is 0.494 e. The fraction of sp³-hybridized carbons (Fsp3) is 0.400. The third kappa shape index (κ3) is 5.37. The zero-order valence-electron chi connectivity index (χ0n) is 17.0. The van der Waals surface area contributed by atoms with Crippen LogP contribution >= 0.6 is 0 Å². The Kier molecular flexibility index (Phi) is 7.68. The molecule has 0 saturated carbocycles. The van der Waals surface area contributed by atoms with E-state index < -0.39 is 10.0 Å². The Balaban J connectivity index is 2.18. The molecule has 0 unspecified atom stereocenters. The minimum atomic E-state index is -3.63. The Bertz CT molecular complexity index is 867. The lowest BCUT2D eigenvalue weighted by Gasteiger charge is -2.23. The highest BCUT2D eigenvalue weighted by Crippen LogP contribution is 2.29. The average Bonchev–Trinajstić information content (AvgIpc) is 2.68. The number of hydrogen-bond donors (Lipinski definition) is 2. The number of quaternary nitrogens is 1. The van der Waals surface area contributed by atoms with E-state index in [1.165, 1.54) is 0 Å². The van der Waals surface area contributed by atoms with Crippen molar-refractivity contribution >= 4 is 10.0 Å². The molecule has 0 radical (unpaired) electrons. The summed E-state index contributed by atoms with van der Waals surface area (Å²) in [4.78, 5) is 1.29. The first-order valence-corrected chi connectivity index (χ1v) is 10.5. The lowest BCUT2D eigenvalue weighted by Crippen LogP contribution is -3.07. The SMILES string of the molecule is CCOc1ccc(S(=O)(=O)NC[C@H](c2ccc(OC)c(OC)c2)[NH+](C)C)cc1. The van der Waals surface area contributed by atoms with Crippen molar-refractivity contribution in [1.82, 2.24) is 4.72 Å². The van der Waals surface area contributed by atoms with Gasteiger partial charge in [-0.2, -0.15) is 0 Å². The molecule has 0 bridgehead atoms. The molecule has 154 valence electrons. The molecule has 0 spiro atoms. The fourth-order valence-electron chi connectivity index (χ4n) is 2.88. The summed E-state index contributed by atoms with van der Waals surface area (Å²) in [6.07, 6.45) is 0. The summed E-state index contributed by atoms with van der Waals surface area (Å²) in [5.74, 6) is 1.89. The monoisotopic (exact) mass is 409 g/mol. The highest BCUT2D eigenvalue weighted by molar-refractivity contribution is 7.89. The number of ether oxygens (including phenoxy) is 3. The van der Waals surface area contributed by atoms with Crippen molar-refractivity contribution in [3.8, 4) is 17.2 Å². The van der Waals surface area contributed by atoms with Gasteiger partial charge in [-0.25, -0.2) is 13.1 Å². The molecule has 0 aliphatic carbocycles. The van der Waals surface area contributed by atoms with E-state index in [1.54, 1.807) is 38.5 Å². The molecule has 2 aromatic rings. The molecule has 7 nitrogen and oxygen atoms in total. The van der Waals surface area contributed by atoms with E-state index in [4.69, 9.17) is 14.2 Å². The van der Waals surface area contributed by atoms with E-state index in [0.29, 0.717) is 23.9 Å². The number of hydrogen-bond acceptors (Lipinski definition) is 5. The van der Waals surface area contributed by atoms with Gasteiger partial charge in [0.2, 0.25) is 10.0 Å². The lowest BCUT2D eigenvalue weighted by atomic mass is 10.1. The summed E-state index contributed by atoms with van der Waals surface area (Å²) in [7, 11) is 3.48. The second kappa shape index (κ2) is 9.77. The van der Waals surface area contributed by atoms with Crippen molar-refractivity contribution in [1.29, 1.82) is 0 Å². The van der Waals surface area contributed by atoms with E-state index in [0.717, 1.165) is 10.5 Å². The molecule has 0 heterocycles. The van der Waals surface area contributed by atoms with Gasteiger partial charge < -0.3 is 19.1 Å². The molecule has 0 aliphatic heterocycles. The summed E-state index contributed by atoms with van der Waals surface area (Å²) in [5.41, 5.74) is 0.951. The van der Waals surface area contributed by atoms with E-state index in [-0.39, 0.29) is 17.5 Å². The number of nitrogens with one attached hydrogen (secondary N) is 2.